The summed E-state index contributed by atoms with van der Waals surface area (Å²) in [6.07, 6.45) is 5.87. The third kappa shape index (κ3) is 2.59. The molecule has 1 unspecified atom stereocenters. The maximum absolute atomic E-state index is 12.6. The first-order valence-corrected chi connectivity index (χ1v) is 10.0. The number of amides is 2. The summed E-state index contributed by atoms with van der Waals surface area (Å²) in [6, 6.07) is -0.232. The molecule has 138 valence electrons. The first-order chi connectivity index (χ1) is 11.8. The molecule has 0 aromatic carbocycles. The smallest absolute Gasteiger partial charge is 0.321 e. The fraction of sp³-hybridized carbons (Fsp3) is 0.778. The monoisotopic (exact) mass is 365 g/mol. The highest BCUT2D eigenvalue weighted by Crippen LogP contribution is 2.60. The molecule has 0 radical (unpaired) electrons. The van der Waals surface area contributed by atoms with Gasteiger partial charge in [0.25, 0.3) is 0 Å². The number of aliphatic hydroxyl groups excluding tert-OH is 1. The second-order valence-corrected chi connectivity index (χ2v) is 9.38. The summed E-state index contributed by atoms with van der Waals surface area (Å²) in [4.78, 5) is 18.6. The zero-order valence-corrected chi connectivity index (χ0v) is 16.0. The van der Waals surface area contributed by atoms with Crippen LogP contribution in [0.15, 0.2) is 0 Å². The third-order valence-electron chi connectivity index (χ3n) is 6.30. The number of anilines is 1. The number of aliphatic hydroxyl groups is 1. The number of nitrogens with zero attached hydrogens (tertiary/aromatic N) is 1. The predicted octanol–water partition coefficient (Wildman–Crippen LogP) is 3.17. The third-order valence-corrected chi connectivity index (χ3v) is 7.34. The quantitative estimate of drug-likeness (QED) is 0.765. The molecule has 2 aliphatic carbocycles. The summed E-state index contributed by atoms with van der Waals surface area (Å²) in [5.41, 5.74) is -0.198. The van der Waals surface area contributed by atoms with E-state index in [2.05, 4.69) is 17.6 Å². The molecule has 1 saturated carbocycles. The number of rotatable bonds is 4. The fourth-order valence-corrected chi connectivity index (χ4v) is 5.96. The summed E-state index contributed by atoms with van der Waals surface area (Å²) in [5, 5.41) is 16.3. The van der Waals surface area contributed by atoms with Crippen molar-refractivity contribution < 1.29 is 14.6 Å². The van der Waals surface area contributed by atoms with Crippen LogP contribution >= 0.6 is 11.3 Å². The van der Waals surface area contributed by atoms with Crippen LogP contribution in [0, 0.1) is 0 Å². The van der Waals surface area contributed by atoms with Gasteiger partial charge >= 0.3 is 6.03 Å². The van der Waals surface area contributed by atoms with Gasteiger partial charge in [-0.25, -0.2) is 9.78 Å². The molecule has 2 saturated heterocycles. The van der Waals surface area contributed by atoms with Gasteiger partial charge in [0.2, 0.25) is 0 Å². The number of hydrogen-bond acceptors (Lipinski definition) is 5. The topological polar surface area (TPSA) is 83.5 Å². The van der Waals surface area contributed by atoms with Crippen LogP contribution in [-0.2, 0) is 11.2 Å². The van der Waals surface area contributed by atoms with Crippen LogP contribution in [0.2, 0.25) is 0 Å². The summed E-state index contributed by atoms with van der Waals surface area (Å²) in [7, 11) is 0. The Morgan fingerprint density at radius 1 is 1.44 bits per heavy atom. The minimum atomic E-state index is -0.484. The molecule has 1 aromatic heterocycles. The minimum Gasteiger partial charge on any atom is -0.393 e. The summed E-state index contributed by atoms with van der Waals surface area (Å²) < 4.78 is 6.00. The molecule has 2 aliphatic heterocycles. The SMILES string of the molecule is CCC1CCCc2sc(NC(=O)NC34CC(CO)(C3)OC4(C)C)nc21. The van der Waals surface area contributed by atoms with E-state index in [0.29, 0.717) is 23.9 Å². The van der Waals surface area contributed by atoms with Crippen LogP contribution < -0.4 is 10.6 Å². The van der Waals surface area contributed by atoms with Crippen molar-refractivity contribution in [2.45, 2.75) is 82.0 Å². The van der Waals surface area contributed by atoms with E-state index in [1.807, 2.05) is 13.8 Å². The van der Waals surface area contributed by atoms with Crippen LogP contribution in [0.1, 0.15) is 69.4 Å². The van der Waals surface area contributed by atoms with E-state index >= 15 is 0 Å². The Labute approximate surface area is 152 Å². The second kappa shape index (κ2) is 5.66. The van der Waals surface area contributed by atoms with E-state index in [1.165, 1.54) is 23.4 Å². The van der Waals surface area contributed by atoms with Crippen LogP contribution in [0.5, 0.6) is 0 Å². The van der Waals surface area contributed by atoms with Crippen molar-refractivity contribution in [2.75, 3.05) is 11.9 Å². The predicted molar refractivity (Wildman–Crippen MR) is 97.2 cm³/mol. The number of fused-ring (bicyclic) bond motifs is 2. The highest BCUT2D eigenvalue weighted by molar-refractivity contribution is 7.15. The lowest BCUT2D eigenvalue weighted by molar-refractivity contribution is -0.0851. The molecule has 7 heteroatoms. The number of thiazole rings is 1. The van der Waals surface area contributed by atoms with Gasteiger partial charge in [0.1, 0.15) is 0 Å². The molecule has 0 spiro atoms. The highest BCUT2D eigenvalue weighted by Gasteiger charge is 2.72. The Morgan fingerprint density at radius 2 is 2.20 bits per heavy atom. The molecule has 2 bridgehead atoms. The normalized spacial score (nSPS) is 35.0. The summed E-state index contributed by atoms with van der Waals surface area (Å²) >= 11 is 1.60. The van der Waals surface area contributed by atoms with E-state index in [1.54, 1.807) is 11.3 Å². The Bertz CT molecular complexity index is 694. The molecule has 25 heavy (non-hydrogen) atoms. The number of aromatic nitrogens is 1. The van der Waals surface area contributed by atoms with E-state index in [-0.39, 0.29) is 12.6 Å². The maximum Gasteiger partial charge on any atom is 0.321 e. The van der Waals surface area contributed by atoms with Crippen molar-refractivity contribution in [3.05, 3.63) is 10.6 Å². The molecule has 3 fully saturated rings. The van der Waals surface area contributed by atoms with E-state index in [0.717, 1.165) is 12.8 Å². The summed E-state index contributed by atoms with van der Waals surface area (Å²) in [5.74, 6) is 0.524. The van der Waals surface area contributed by atoms with Crippen molar-refractivity contribution in [1.29, 1.82) is 0 Å². The molecule has 4 aliphatic rings. The fourth-order valence-electron chi connectivity index (χ4n) is 4.87. The van der Waals surface area contributed by atoms with Crippen molar-refractivity contribution in [2.24, 2.45) is 0 Å². The van der Waals surface area contributed by atoms with E-state index in [4.69, 9.17) is 9.72 Å². The van der Waals surface area contributed by atoms with Crippen LogP contribution in [0.4, 0.5) is 9.93 Å². The molecule has 6 nitrogen and oxygen atoms in total. The van der Waals surface area contributed by atoms with Gasteiger partial charge in [0.15, 0.2) is 5.13 Å². The molecule has 1 aromatic rings. The highest BCUT2D eigenvalue weighted by atomic mass is 32.1. The number of aryl methyl sites for hydroxylation is 1. The number of urea groups is 1. The lowest BCUT2D eigenvalue weighted by atomic mass is 9.63. The zero-order valence-electron chi connectivity index (χ0n) is 15.1. The van der Waals surface area contributed by atoms with E-state index < -0.39 is 16.7 Å². The number of nitrogens with one attached hydrogen (secondary N) is 2. The number of hydrogen-bond donors (Lipinski definition) is 3. The molecule has 3 N–H and O–H groups in total. The molecule has 5 rings (SSSR count). The Morgan fingerprint density at radius 3 is 2.84 bits per heavy atom. The number of carbonyl (C=O) groups is 1. The Balaban J connectivity index is 1.45. The van der Waals surface area contributed by atoms with Crippen molar-refractivity contribution in [3.8, 4) is 0 Å². The Kier molecular flexibility index (Phi) is 3.90. The van der Waals surface area contributed by atoms with Crippen LogP contribution in [-0.4, -0.2) is 39.5 Å². The van der Waals surface area contributed by atoms with Crippen molar-refractivity contribution >= 4 is 22.5 Å². The summed E-state index contributed by atoms with van der Waals surface area (Å²) in [6.45, 7) is 6.15. The molecule has 1 atom stereocenters. The Hall–Kier alpha value is -1.18. The standard InChI is InChI=1S/C18H27N3O3S/c1-4-11-6-5-7-12-13(11)19-15(25-12)20-14(23)21-18-8-17(9-18,10-22)24-16(18,2)3/h11,22H,4-10H2,1-3H3,(H2,19,20,21,23). The van der Waals surface area contributed by atoms with Crippen molar-refractivity contribution in [1.82, 2.24) is 10.3 Å². The second-order valence-electron chi connectivity index (χ2n) is 8.29. The number of ether oxygens (including phenoxy) is 1. The van der Waals surface area contributed by atoms with Gasteiger partial charge in [-0.1, -0.05) is 6.92 Å². The largest absolute Gasteiger partial charge is 0.393 e. The van der Waals surface area contributed by atoms with Gasteiger partial charge in [0, 0.05) is 23.6 Å². The molecular formula is C18H27N3O3S. The zero-order chi connectivity index (χ0) is 17.9. The first kappa shape index (κ1) is 17.2. The lowest BCUT2D eigenvalue weighted by Gasteiger charge is -2.46. The van der Waals surface area contributed by atoms with Gasteiger partial charge in [-0.2, -0.15) is 0 Å². The first-order valence-electron chi connectivity index (χ1n) is 9.22. The van der Waals surface area contributed by atoms with Gasteiger partial charge in [-0.3, -0.25) is 5.32 Å². The van der Waals surface area contributed by atoms with Crippen molar-refractivity contribution in [3.63, 3.8) is 0 Å². The van der Waals surface area contributed by atoms with Gasteiger partial charge < -0.3 is 15.2 Å². The minimum absolute atomic E-state index is 0.000907. The van der Waals surface area contributed by atoms with Gasteiger partial charge in [-0.15, -0.1) is 11.3 Å². The maximum atomic E-state index is 12.6. The lowest BCUT2D eigenvalue weighted by Crippen LogP contribution is -2.65. The van der Waals surface area contributed by atoms with Gasteiger partial charge in [0.05, 0.1) is 29.0 Å². The van der Waals surface area contributed by atoms with Crippen LogP contribution in [0.25, 0.3) is 0 Å². The van der Waals surface area contributed by atoms with Gasteiger partial charge in [-0.05, 0) is 39.5 Å². The average Bonchev–Trinajstić information content (AvgIpc) is 3.09. The molecule has 2 amide bonds. The van der Waals surface area contributed by atoms with E-state index in [9.17, 15) is 9.90 Å². The molecule has 3 heterocycles. The van der Waals surface area contributed by atoms with Crippen LogP contribution in [0.3, 0.4) is 0 Å². The molecular weight excluding hydrogens is 338 g/mol. The number of carbonyl (C=O) groups excluding carboxylic acids is 1. The average molecular weight is 365 g/mol.